The topological polar surface area (TPSA) is 96.7 Å². The molecule has 158 valence electrons. The van der Waals surface area contributed by atoms with E-state index in [2.05, 4.69) is 4.98 Å². The summed E-state index contributed by atoms with van der Waals surface area (Å²) < 4.78 is 1.99. The van der Waals surface area contributed by atoms with Crippen molar-refractivity contribution in [1.29, 1.82) is 0 Å². The molecular formula is C25H26N4O2. The summed E-state index contributed by atoms with van der Waals surface area (Å²) >= 11 is 0. The van der Waals surface area contributed by atoms with E-state index < -0.39 is 11.2 Å². The molecule has 2 heterocycles. The highest BCUT2D eigenvalue weighted by molar-refractivity contribution is 5.85. The van der Waals surface area contributed by atoms with E-state index in [1.54, 1.807) is 13.1 Å². The Morgan fingerprint density at radius 3 is 2.35 bits per heavy atom. The van der Waals surface area contributed by atoms with E-state index in [0.717, 1.165) is 33.7 Å². The molecule has 2 aromatic heterocycles. The Kier molecular flexibility index (Phi) is 4.39. The van der Waals surface area contributed by atoms with Crippen LogP contribution in [0.15, 0.2) is 67.0 Å². The average Bonchev–Trinajstić information content (AvgIpc) is 3.13. The number of fused-ring (bicyclic) bond motifs is 1. The lowest BCUT2D eigenvalue weighted by Crippen LogP contribution is -2.40. The van der Waals surface area contributed by atoms with Crippen molar-refractivity contribution in [3.8, 4) is 11.3 Å². The van der Waals surface area contributed by atoms with Crippen molar-refractivity contribution in [2.24, 2.45) is 0 Å². The molecule has 0 spiro atoms. The molecule has 1 aliphatic carbocycles. The van der Waals surface area contributed by atoms with Crippen LogP contribution in [0.4, 0.5) is 5.82 Å². The number of imidazole rings is 1. The first-order chi connectivity index (χ1) is 14.8. The number of aliphatic hydroxyl groups is 2. The van der Waals surface area contributed by atoms with Crippen LogP contribution in [0.1, 0.15) is 49.6 Å². The summed E-state index contributed by atoms with van der Waals surface area (Å²) in [6.45, 7) is 3.65. The van der Waals surface area contributed by atoms with Crippen LogP contribution in [0.5, 0.6) is 0 Å². The Labute approximate surface area is 181 Å². The van der Waals surface area contributed by atoms with Gasteiger partial charge in [0.1, 0.15) is 28.5 Å². The van der Waals surface area contributed by atoms with Crippen LogP contribution < -0.4 is 5.73 Å². The summed E-state index contributed by atoms with van der Waals surface area (Å²) in [6.07, 6.45) is 4.90. The molecule has 4 N–H and O–H groups in total. The van der Waals surface area contributed by atoms with Gasteiger partial charge in [0, 0.05) is 23.9 Å². The maximum Gasteiger partial charge on any atom is 0.150 e. The quantitative estimate of drug-likeness (QED) is 0.471. The molecule has 0 amide bonds. The first kappa shape index (κ1) is 19.7. The first-order valence-corrected chi connectivity index (χ1v) is 10.5. The van der Waals surface area contributed by atoms with Gasteiger partial charge in [-0.1, -0.05) is 54.6 Å². The number of aromatic nitrogens is 3. The van der Waals surface area contributed by atoms with Gasteiger partial charge in [-0.05, 0) is 37.8 Å². The molecule has 0 aliphatic heterocycles. The predicted octanol–water partition coefficient (Wildman–Crippen LogP) is 3.86. The summed E-state index contributed by atoms with van der Waals surface area (Å²) in [5.41, 5.74) is 8.57. The van der Waals surface area contributed by atoms with Crippen LogP contribution in [-0.4, -0.2) is 30.2 Å². The van der Waals surface area contributed by atoms with Gasteiger partial charge in [0.25, 0.3) is 0 Å². The lowest BCUT2D eigenvalue weighted by Gasteiger charge is -2.40. The Bertz CT molecular complexity index is 1240. The zero-order chi connectivity index (χ0) is 21.8. The van der Waals surface area contributed by atoms with Crippen molar-refractivity contribution in [3.63, 3.8) is 0 Å². The van der Waals surface area contributed by atoms with Crippen LogP contribution in [0, 0.1) is 0 Å². The normalized spacial score (nSPS) is 22.8. The third-order valence-electron chi connectivity index (χ3n) is 6.40. The second-order valence-corrected chi connectivity index (χ2v) is 8.97. The minimum atomic E-state index is -1.10. The molecule has 1 fully saturated rings. The summed E-state index contributed by atoms with van der Waals surface area (Å²) in [4.78, 5) is 9.19. The summed E-state index contributed by atoms with van der Waals surface area (Å²) in [5, 5.41) is 21.3. The van der Waals surface area contributed by atoms with Crippen molar-refractivity contribution in [2.45, 2.75) is 43.8 Å². The molecular weight excluding hydrogens is 388 g/mol. The highest BCUT2D eigenvalue weighted by Crippen LogP contribution is 2.45. The standard InChI is InChI=1S/C25H26N4O2/c1-24(30)14-17(15-24)23-28-20(21-22(26)27-12-13-29(21)23)16-8-10-19(11-9-16)25(2,31)18-6-4-3-5-7-18/h3-13,17,30-31H,14-15H2,1-2H3,(H2,26,27)/t17-,24+,25-/m1/s1. The van der Waals surface area contributed by atoms with Gasteiger partial charge in [-0.25, -0.2) is 9.97 Å². The van der Waals surface area contributed by atoms with Crippen molar-refractivity contribution in [1.82, 2.24) is 14.4 Å². The molecule has 4 aromatic rings. The van der Waals surface area contributed by atoms with Crippen LogP contribution >= 0.6 is 0 Å². The molecule has 1 atom stereocenters. The minimum Gasteiger partial charge on any atom is -0.390 e. The van der Waals surface area contributed by atoms with Crippen molar-refractivity contribution < 1.29 is 10.2 Å². The summed E-state index contributed by atoms with van der Waals surface area (Å²) in [5.74, 6) is 1.49. The molecule has 31 heavy (non-hydrogen) atoms. The number of benzene rings is 2. The first-order valence-electron chi connectivity index (χ1n) is 10.5. The fraction of sp³-hybridized carbons (Fsp3) is 0.280. The molecule has 1 saturated carbocycles. The lowest BCUT2D eigenvalue weighted by molar-refractivity contribution is -0.0335. The summed E-state index contributed by atoms with van der Waals surface area (Å²) in [6, 6.07) is 17.4. The van der Waals surface area contributed by atoms with E-state index in [4.69, 9.17) is 10.7 Å². The molecule has 0 radical (unpaired) electrons. The molecule has 5 rings (SSSR count). The van der Waals surface area contributed by atoms with E-state index in [1.165, 1.54) is 0 Å². The number of nitrogens with two attached hydrogens (primary N) is 1. The number of nitrogens with zero attached hydrogens (tertiary/aromatic N) is 3. The number of anilines is 1. The SMILES string of the molecule is C[C@@](O)(c1ccccc1)c1ccc(-c2nc([C@H]3C[C@@](C)(O)C3)n3ccnc(N)c23)cc1. The Balaban J connectivity index is 1.56. The van der Waals surface area contributed by atoms with Crippen molar-refractivity contribution in [3.05, 3.63) is 83.9 Å². The molecule has 0 saturated heterocycles. The van der Waals surface area contributed by atoms with E-state index in [1.807, 2.05) is 72.1 Å². The lowest BCUT2D eigenvalue weighted by atomic mass is 9.72. The van der Waals surface area contributed by atoms with E-state index in [0.29, 0.717) is 18.7 Å². The number of nitrogen functional groups attached to an aromatic ring is 1. The van der Waals surface area contributed by atoms with Crippen molar-refractivity contribution in [2.75, 3.05) is 5.73 Å². The summed E-state index contributed by atoms with van der Waals surface area (Å²) in [7, 11) is 0. The van der Waals surface area contributed by atoms with Gasteiger partial charge in [0.2, 0.25) is 0 Å². The maximum absolute atomic E-state index is 11.1. The third kappa shape index (κ3) is 3.28. The molecule has 6 nitrogen and oxygen atoms in total. The van der Waals surface area contributed by atoms with Crippen LogP contribution in [0.2, 0.25) is 0 Å². The van der Waals surface area contributed by atoms with Gasteiger partial charge >= 0.3 is 0 Å². The van der Waals surface area contributed by atoms with E-state index in [-0.39, 0.29) is 5.92 Å². The van der Waals surface area contributed by atoms with Crippen LogP contribution in [0.3, 0.4) is 0 Å². The molecule has 0 bridgehead atoms. The molecule has 2 aromatic carbocycles. The smallest absolute Gasteiger partial charge is 0.150 e. The zero-order valence-corrected chi connectivity index (χ0v) is 17.7. The maximum atomic E-state index is 11.1. The van der Waals surface area contributed by atoms with Crippen LogP contribution in [-0.2, 0) is 5.60 Å². The molecule has 0 unspecified atom stereocenters. The minimum absolute atomic E-state index is 0.177. The Hall–Kier alpha value is -3.22. The van der Waals surface area contributed by atoms with Gasteiger partial charge in [-0.3, -0.25) is 4.40 Å². The van der Waals surface area contributed by atoms with E-state index in [9.17, 15) is 10.2 Å². The Morgan fingerprint density at radius 2 is 1.71 bits per heavy atom. The van der Waals surface area contributed by atoms with Gasteiger partial charge in [0.15, 0.2) is 0 Å². The van der Waals surface area contributed by atoms with Gasteiger partial charge < -0.3 is 15.9 Å². The number of hydrogen-bond acceptors (Lipinski definition) is 5. The number of hydrogen-bond donors (Lipinski definition) is 3. The largest absolute Gasteiger partial charge is 0.390 e. The highest BCUT2D eigenvalue weighted by Gasteiger charge is 2.41. The van der Waals surface area contributed by atoms with Gasteiger partial charge in [-0.15, -0.1) is 0 Å². The molecule has 6 heteroatoms. The second kappa shape index (κ2) is 6.90. The monoisotopic (exact) mass is 414 g/mol. The highest BCUT2D eigenvalue weighted by atomic mass is 16.3. The fourth-order valence-corrected chi connectivity index (χ4v) is 4.64. The fourth-order valence-electron chi connectivity index (χ4n) is 4.64. The second-order valence-electron chi connectivity index (χ2n) is 8.97. The average molecular weight is 415 g/mol. The van der Waals surface area contributed by atoms with E-state index >= 15 is 0 Å². The zero-order valence-electron chi connectivity index (χ0n) is 17.7. The Morgan fingerprint density at radius 1 is 1.06 bits per heavy atom. The van der Waals surface area contributed by atoms with Crippen molar-refractivity contribution >= 4 is 11.3 Å². The third-order valence-corrected chi connectivity index (χ3v) is 6.40. The van der Waals surface area contributed by atoms with Crippen LogP contribution in [0.25, 0.3) is 16.8 Å². The van der Waals surface area contributed by atoms with Gasteiger partial charge in [-0.2, -0.15) is 0 Å². The van der Waals surface area contributed by atoms with Gasteiger partial charge in [0.05, 0.1) is 5.60 Å². The number of rotatable bonds is 4. The molecule has 1 aliphatic rings. The predicted molar refractivity (Wildman–Crippen MR) is 121 cm³/mol.